The maximum Gasteiger partial charge on any atom is 0.226 e. The van der Waals surface area contributed by atoms with Gasteiger partial charge >= 0.3 is 0 Å². The predicted octanol–water partition coefficient (Wildman–Crippen LogP) is 2.67. The Morgan fingerprint density at radius 3 is 2.96 bits per heavy atom. The SMILES string of the molecule is O=C(Cc1cc2ccccc2[nH]1)NCc1ncn2ccccc12. The van der Waals surface area contributed by atoms with Crippen LogP contribution in [-0.2, 0) is 17.8 Å². The van der Waals surface area contributed by atoms with Crippen molar-refractivity contribution in [3.05, 3.63) is 72.4 Å². The first-order valence-corrected chi connectivity index (χ1v) is 7.53. The Morgan fingerprint density at radius 2 is 2.04 bits per heavy atom. The minimum atomic E-state index is -0.0198. The highest BCUT2D eigenvalue weighted by molar-refractivity contribution is 5.84. The van der Waals surface area contributed by atoms with E-state index in [9.17, 15) is 4.79 Å². The second-order valence-corrected chi connectivity index (χ2v) is 5.52. The molecule has 0 radical (unpaired) electrons. The van der Waals surface area contributed by atoms with Gasteiger partial charge in [-0.1, -0.05) is 24.3 Å². The second kappa shape index (κ2) is 5.61. The molecule has 114 valence electrons. The van der Waals surface area contributed by atoms with Gasteiger partial charge in [0.2, 0.25) is 5.91 Å². The van der Waals surface area contributed by atoms with Gasteiger partial charge in [0.15, 0.2) is 0 Å². The van der Waals surface area contributed by atoms with Crippen LogP contribution in [0.4, 0.5) is 0 Å². The molecule has 0 unspecified atom stereocenters. The molecule has 0 aliphatic heterocycles. The summed E-state index contributed by atoms with van der Waals surface area (Å²) in [4.78, 5) is 19.8. The summed E-state index contributed by atoms with van der Waals surface area (Å²) in [7, 11) is 0. The number of rotatable bonds is 4. The summed E-state index contributed by atoms with van der Waals surface area (Å²) < 4.78 is 1.94. The first-order valence-electron chi connectivity index (χ1n) is 7.53. The topological polar surface area (TPSA) is 62.2 Å². The normalized spacial score (nSPS) is 11.1. The van der Waals surface area contributed by atoms with Crippen molar-refractivity contribution in [2.75, 3.05) is 0 Å². The lowest BCUT2D eigenvalue weighted by Crippen LogP contribution is -2.24. The number of amides is 1. The number of hydrogen-bond donors (Lipinski definition) is 2. The van der Waals surface area contributed by atoms with Crippen LogP contribution in [0.15, 0.2) is 61.1 Å². The van der Waals surface area contributed by atoms with Crippen LogP contribution in [0.5, 0.6) is 0 Å². The summed E-state index contributed by atoms with van der Waals surface area (Å²) in [5, 5.41) is 4.06. The molecule has 23 heavy (non-hydrogen) atoms. The highest BCUT2D eigenvalue weighted by Gasteiger charge is 2.08. The summed E-state index contributed by atoms with van der Waals surface area (Å²) in [6, 6.07) is 15.9. The third-order valence-electron chi connectivity index (χ3n) is 3.91. The molecule has 5 heteroatoms. The lowest BCUT2D eigenvalue weighted by molar-refractivity contribution is -0.120. The maximum atomic E-state index is 12.2. The van der Waals surface area contributed by atoms with Crippen molar-refractivity contribution >= 4 is 22.3 Å². The molecule has 1 aromatic carbocycles. The Hall–Kier alpha value is -3.08. The Morgan fingerprint density at radius 1 is 1.17 bits per heavy atom. The Labute approximate surface area is 133 Å². The van der Waals surface area contributed by atoms with Gasteiger partial charge in [0.25, 0.3) is 0 Å². The van der Waals surface area contributed by atoms with E-state index in [2.05, 4.69) is 15.3 Å². The highest BCUT2D eigenvalue weighted by atomic mass is 16.1. The smallest absolute Gasteiger partial charge is 0.226 e. The lowest BCUT2D eigenvalue weighted by Gasteiger charge is -2.03. The largest absolute Gasteiger partial charge is 0.358 e. The summed E-state index contributed by atoms with van der Waals surface area (Å²) in [6.45, 7) is 0.430. The molecule has 0 saturated heterocycles. The van der Waals surface area contributed by atoms with Gasteiger partial charge in [0.05, 0.1) is 30.5 Å². The van der Waals surface area contributed by atoms with Crippen LogP contribution < -0.4 is 5.32 Å². The first kappa shape index (κ1) is 13.6. The molecule has 3 heterocycles. The van der Waals surface area contributed by atoms with Gasteiger partial charge < -0.3 is 14.7 Å². The van der Waals surface area contributed by atoms with E-state index in [-0.39, 0.29) is 5.91 Å². The third kappa shape index (κ3) is 2.68. The molecule has 0 aliphatic rings. The van der Waals surface area contributed by atoms with E-state index in [4.69, 9.17) is 0 Å². The van der Waals surface area contributed by atoms with E-state index in [1.54, 1.807) is 6.33 Å². The zero-order chi connectivity index (χ0) is 15.6. The molecule has 0 atom stereocenters. The van der Waals surface area contributed by atoms with Crippen LogP contribution in [0.2, 0.25) is 0 Å². The molecule has 0 fully saturated rings. The predicted molar refractivity (Wildman–Crippen MR) is 89.0 cm³/mol. The number of aromatic amines is 1. The Kier molecular flexibility index (Phi) is 3.31. The van der Waals surface area contributed by atoms with Gasteiger partial charge in [0.1, 0.15) is 0 Å². The third-order valence-corrected chi connectivity index (χ3v) is 3.91. The van der Waals surface area contributed by atoms with E-state index < -0.39 is 0 Å². The minimum Gasteiger partial charge on any atom is -0.358 e. The van der Waals surface area contributed by atoms with Crippen molar-refractivity contribution in [1.82, 2.24) is 19.7 Å². The fraction of sp³-hybridized carbons (Fsp3) is 0.111. The van der Waals surface area contributed by atoms with Crippen LogP contribution in [0.1, 0.15) is 11.4 Å². The van der Waals surface area contributed by atoms with Gasteiger partial charge in [0, 0.05) is 17.4 Å². The molecule has 0 spiro atoms. The molecule has 2 N–H and O–H groups in total. The number of fused-ring (bicyclic) bond motifs is 2. The molecule has 3 aromatic heterocycles. The number of aromatic nitrogens is 3. The maximum absolute atomic E-state index is 12.2. The van der Waals surface area contributed by atoms with Crippen LogP contribution >= 0.6 is 0 Å². The molecule has 0 bridgehead atoms. The second-order valence-electron chi connectivity index (χ2n) is 5.52. The van der Waals surface area contributed by atoms with Crippen molar-refractivity contribution < 1.29 is 4.79 Å². The van der Waals surface area contributed by atoms with E-state index in [0.29, 0.717) is 13.0 Å². The highest BCUT2D eigenvalue weighted by Crippen LogP contribution is 2.15. The van der Waals surface area contributed by atoms with Crippen molar-refractivity contribution in [2.24, 2.45) is 0 Å². The molecule has 4 rings (SSSR count). The van der Waals surface area contributed by atoms with Crippen LogP contribution in [0.3, 0.4) is 0 Å². The van der Waals surface area contributed by atoms with E-state index >= 15 is 0 Å². The zero-order valence-corrected chi connectivity index (χ0v) is 12.5. The average Bonchev–Trinajstić information content (AvgIpc) is 3.16. The van der Waals surface area contributed by atoms with Gasteiger partial charge in [-0.2, -0.15) is 0 Å². The fourth-order valence-electron chi connectivity index (χ4n) is 2.78. The summed E-state index contributed by atoms with van der Waals surface area (Å²) in [5.41, 5.74) is 3.85. The molecule has 0 aliphatic carbocycles. The average molecular weight is 304 g/mol. The van der Waals surface area contributed by atoms with Gasteiger partial charge in [-0.3, -0.25) is 4.79 Å². The van der Waals surface area contributed by atoms with Crippen molar-refractivity contribution in [1.29, 1.82) is 0 Å². The van der Waals surface area contributed by atoms with Crippen LogP contribution in [-0.4, -0.2) is 20.3 Å². The number of H-pyrrole nitrogens is 1. The monoisotopic (exact) mass is 304 g/mol. The molecular weight excluding hydrogens is 288 g/mol. The fourth-order valence-corrected chi connectivity index (χ4v) is 2.78. The van der Waals surface area contributed by atoms with Gasteiger partial charge in [-0.15, -0.1) is 0 Å². The number of imidazole rings is 1. The van der Waals surface area contributed by atoms with Gasteiger partial charge in [-0.05, 0) is 29.7 Å². The Bertz CT molecular complexity index is 950. The van der Waals surface area contributed by atoms with Crippen LogP contribution in [0.25, 0.3) is 16.4 Å². The van der Waals surface area contributed by atoms with Crippen LogP contribution in [0, 0.1) is 0 Å². The molecule has 5 nitrogen and oxygen atoms in total. The number of carbonyl (C=O) groups excluding carboxylic acids is 1. The standard InChI is InChI=1S/C18H16N4O/c23-18(10-14-9-13-5-1-2-6-15(13)21-14)19-11-16-17-7-3-4-8-22(17)12-20-16/h1-9,12,21H,10-11H2,(H,19,23). The van der Waals surface area contributed by atoms with Crippen molar-refractivity contribution in [2.45, 2.75) is 13.0 Å². The number of nitrogens with zero attached hydrogens (tertiary/aromatic N) is 2. The number of nitrogens with one attached hydrogen (secondary N) is 2. The summed E-state index contributed by atoms with van der Waals surface area (Å²) in [5.74, 6) is -0.0198. The number of pyridine rings is 1. The molecule has 1 amide bonds. The number of carbonyl (C=O) groups is 1. The summed E-state index contributed by atoms with van der Waals surface area (Å²) >= 11 is 0. The Balaban J connectivity index is 1.43. The van der Waals surface area contributed by atoms with E-state index in [1.807, 2.05) is 59.1 Å². The molecule has 4 aromatic rings. The van der Waals surface area contributed by atoms with Gasteiger partial charge in [-0.25, -0.2) is 4.98 Å². The van der Waals surface area contributed by atoms with Crippen molar-refractivity contribution in [3.8, 4) is 0 Å². The van der Waals surface area contributed by atoms with Crippen molar-refractivity contribution in [3.63, 3.8) is 0 Å². The molecular formula is C18H16N4O. The lowest BCUT2D eigenvalue weighted by atomic mass is 10.2. The number of para-hydroxylation sites is 1. The minimum absolute atomic E-state index is 0.0198. The number of benzene rings is 1. The van der Waals surface area contributed by atoms with E-state index in [1.165, 1.54) is 0 Å². The first-order chi connectivity index (χ1) is 11.3. The summed E-state index contributed by atoms with van der Waals surface area (Å²) in [6.07, 6.45) is 4.03. The quantitative estimate of drug-likeness (QED) is 0.609. The van der Waals surface area contributed by atoms with E-state index in [0.717, 1.165) is 27.8 Å². The zero-order valence-electron chi connectivity index (χ0n) is 12.5. The molecule has 0 saturated carbocycles. The number of hydrogen-bond acceptors (Lipinski definition) is 2.